The van der Waals surface area contributed by atoms with Gasteiger partial charge in [-0.3, -0.25) is 9.59 Å². The summed E-state index contributed by atoms with van der Waals surface area (Å²) in [6.45, 7) is 2.06. The van der Waals surface area contributed by atoms with E-state index in [9.17, 15) is 9.59 Å². The molecule has 0 aliphatic heterocycles. The molecule has 0 fully saturated rings. The number of halogens is 1. The number of hydrogen-bond acceptors (Lipinski definition) is 5. The Balaban J connectivity index is 2.62. The zero-order chi connectivity index (χ0) is 13.0. The van der Waals surface area contributed by atoms with Crippen LogP contribution in [0.3, 0.4) is 0 Å². The molecule has 0 saturated carbocycles. The van der Waals surface area contributed by atoms with E-state index >= 15 is 0 Å². The lowest BCUT2D eigenvalue weighted by atomic mass is 10.1. The van der Waals surface area contributed by atoms with Gasteiger partial charge in [-0.05, 0) is 11.6 Å². The van der Waals surface area contributed by atoms with E-state index in [1.807, 2.05) is 0 Å². The summed E-state index contributed by atoms with van der Waals surface area (Å²) in [5.74, 6) is -0.678. The lowest BCUT2D eigenvalue weighted by molar-refractivity contribution is -0.124. The zero-order valence-corrected chi connectivity index (χ0v) is 11.3. The monoisotopic (exact) mass is 276 g/mol. The van der Waals surface area contributed by atoms with E-state index < -0.39 is 0 Å². The van der Waals surface area contributed by atoms with Gasteiger partial charge >= 0.3 is 0 Å². The van der Waals surface area contributed by atoms with Crippen molar-refractivity contribution in [2.24, 2.45) is 5.92 Å². The number of amides is 2. The fourth-order valence-electron chi connectivity index (χ4n) is 1.28. The Morgan fingerprint density at radius 3 is 2.65 bits per heavy atom. The minimum atomic E-state index is -0.287. The molecule has 1 atom stereocenters. The molecule has 0 aliphatic carbocycles. The van der Waals surface area contributed by atoms with E-state index in [-0.39, 0.29) is 27.2 Å². The molecule has 8 heteroatoms. The summed E-state index contributed by atoms with van der Waals surface area (Å²) in [4.78, 5) is 24.6. The van der Waals surface area contributed by atoms with E-state index in [0.29, 0.717) is 6.54 Å². The van der Waals surface area contributed by atoms with Crippen LogP contribution in [0.1, 0.15) is 16.7 Å². The molecule has 0 spiro atoms. The maximum Gasteiger partial charge on any atom is 0.284 e. The van der Waals surface area contributed by atoms with Gasteiger partial charge in [-0.25, -0.2) is 0 Å². The number of carbonyl (C=O) groups is 2. The summed E-state index contributed by atoms with van der Waals surface area (Å²) in [7, 11) is 3.17. The van der Waals surface area contributed by atoms with Gasteiger partial charge in [0.05, 0.1) is 5.92 Å². The van der Waals surface area contributed by atoms with Crippen LogP contribution in [-0.2, 0) is 4.79 Å². The van der Waals surface area contributed by atoms with Gasteiger partial charge in [-0.15, -0.1) is 10.2 Å². The molecule has 6 nitrogen and oxygen atoms in total. The van der Waals surface area contributed by atoms with Crippen molar-refractivity contribution < 1.29 is 9.59 Å². The standard InChI is InChI=1S/C9H13ClN4O2S/c1-5(6(15)11-2)4-14(3)8(16)7-12-13-9(10)17-7/h5H,4H2,1-3H3,(H,11,15). The quantitative estimate of drug-likeness (QED) is 0.876. The smallest absolute Gasteiger partial charge is 0.284 e. The number of carbonyl (C=O) groups excluding carboxylic acids is 2. The molecule has 1 rings (SSSR count). The first kappa shape index (κ1) is 13.9. The molecule has 1 aromatic rings. The fraction of sp³-hybridized carbons (Fsp3) is 0.556. The van der Waals surface area contributed by atoms with E-state index in [1.54, 1.807) is 21.0 Å². The average molecular weight is 277 g/mol. The van der Waals surface area contributed by atoms with Gasteiger partial charge in [0.2, 0.25) is 15.4 Å². The predicted molar refractivity (Wildman–Crippen MR) is 65.1 cm³/mol. The molecule has 17 heavy (non-hydrogen) atoms. The molecule has 0 bridgehead atoms. The Labute approximate surface area is 108 Å². The van der Waals surface area contributed by atoms with Gasteiger partial charge < -0.3 is 10.2 Å². The largest absolute Gasteiger partial charge is 0.359 e. The van der Waals surface area contributed by atoms with Crippen LogP contribution >= 0.6 is 22.9 Å². The maximum absolute atomic E-state index is 11.8. The Morgan fingerprint density at radius 2 is 2.18 bits per heavy atom. The molecule has 94 valence electrons. The van der Waals surface area contributed by atoms with Crippen LogP contribution in [0.4, 0.5) is 0 Å². The first-order valence-corrected chi connectivity index (χ1v) is 6.11. The van der Waals surface area contributed by atoms with Crippen molar-refractivity contribution in [2.45, 2.75) is 6.92 Å². The van der Waals surface area contributed by atoms with Gasteiger partial charge in [0.25, 0.3) is 5.91 Å². The van der Waals surface area contributed by atoms with Crippen LogP contribution < -0.4 is 5.32 Å². The summed E-state index contributed by atoms with van der Waals surface area (Å²) in [6.07, 6.45) is 0. The average Bonchev–Trinajstić information content (AvgIpc) is 2.73. The molecule has 0 aliphatic rings. The van der Waals surface area contributed by atoms with E-state index in [2.05, 4.69) is 15.5 Å². The van der Waals surface area contributed by atoms with Gasteiger partial charge in [0.15, 0.2) is 0 Å². The van der Waals surface area contributed by atoms with Gasteiger partial charge in [0.1, 0.15) is 0 Å². The van der Waals surface area contributed by atoms with Crippen molar-refractivity contribution in [1.82, 2.24) is 20.4 Å². The first-order valence-electron chi connectivity index (χ1n) is 4.91. The number of hydrogen-bond donors (Lipinski definition) is 1. The normalized spacial score (nSPS) is 12.0. The summed E-state index contributed by atoms with van der Waals surface area (Å²) in [5.41, 5.74) is 0. The van der Waals surface area contributed by atoms with Crippen molar-refractivity contribution in [3.05, 3.63) is 9.47 Å². The van der Waals surface area contributed by atoms with E-state index in [1.165, 1.54) is 4.90 Å². The van der Waals surface area contributed by atoms with Crippen LogP contribution in [0.5, 0.6) is 0 Å². The Hall–Kier alpha value is -1.21. The maximum atomic E-state index is 11.8. The third kappa shape index (κ3) is 3.64. The highest BCUT2D eigenvalue weighted by Gasteiger charge is 2.21. The van der Waals surface area contributed by atoms with Crippen LogP contribution in [0, 0.1) is 5.92 Å². The van der Waals surface area contributed by atoms with Crippen molar-refractivity contribution in [2.75, 3.05) is 20.6 Å². The summed E-state index contributed by atoms with van der Waals surface area (Å²) >= 11 is 6.61. The molecule has 1 unspecified atom stereocenters. The van der Waals surface area contributed by atoms with Crippen LogP contribution in [0.15, 0.2) is 0 Å². The molecular formula is C9H13ClN4O2S. The van der Waals surface area contributed by atoms with Gasteiger partial charge in [-0.1, -0.05) is 18.3 Å². The predicted octanol–water partition coefficient (Wildman–Crippen LogP) is 0.646. The summed E-state index contributed by atoms with van der Waals surface area (Å²) in [6, 6.07) is 0. The molecule has 1 N–H and O–H groups in total. The highest BCUT2D eigenvalue weighted by atomic mass is 35.5. The molecular weight excluding hydrogens is 264 g/mol. The second-order valence-corrected chi connectivity index (χ2v) is 5.12. The highest BCUT2D eigenvalue weighted by Crippen LogP contribution is 2.16. The van der Waals surface area contributed by atoms with Crippen molar-refractivity contribution in [3.8, 4) is 0 Å². The van der Waals surface area contributed by atoms with Gasteiger partial charge in [-0.2, -0.15) is 0 Å². The number of nitrogens with zero attached hydrogens (tertiary/aromatic N) is 3. The molecule has 1 heterocycles. The lowest BCUT2D eigenvalue weighted by Crippen LogP contribution is -2.37. The van der Waals surface area contributed by atoms with E-state index in [4.69, 9.17) is 11.6 Å². The minimum absolute atomic E-state index is 0.111. The third-order valence-corrected chi connectivity index (χ3v) is 3.18. The minimum Gasteiger partial charge on any atom is -0.359 e. The fourth-order valence-corrected chi connectivity index (χ4v) is 2.10. The second-order valence-electron chi connectivity index (χ2n) is 3.56. The first-order chi connectivity index (χ1) is 7.95. The second kappa shape index (κ2) is 5.92. The number of aromatic nitrogens is 2. The molecule has 0 saturated heterocycles. The Morgan fingerprint density at radius 1 is 1.53 bits per heavy atom. The molecule has 1 aromatic heterocycles. The molecule has 0 aromatic carbocycles. The van der Waals surface area contributed by atoms with Crippen molar-refractivity contribution in [1.29, 1.82) is 0 Å². The zero-order valence-electron chi connectivity index (χ0n) is 9.73. The Bertz CT molecular complexity index is 423. The van der Waals surface area contributed by atoms with Crippen molar-refractivity contribution >= 4 is 34.8 Å². The SMILES string of the molecule is CNC(=O)C(C)CN(C)C(=O)c1nnc(Cl)s1. The Kier molecular flexibility index (Phi) is 4.83. The third-order valence-electron chi connectivity index (χ3n) is 2.17. The van der Waals surface area contributed by atoms with Gasteiger partial charge in [0, 0.05) is 20.6 Å². The summed E-state index contributed by atoms with van der Waals surface area (Å²) in [5, 5.41) is 9.96. The van der Waals surface area contributed by atoms with Crippen LogP contribution in [-0.4, -0.2) is 47.6 Å². The topological polar surface area (TPSA) is 75.2 Å². The van der Waals surface area contributed by atoms with E-state index in [0.717, 1.165) is 11.3 Å². The summed E-state index contributed by atoms with van der Waals surface area (Å²) < 4.78 is 0.223. The number of nitrogens with one attached hydrogen (secondary N) is 1. The van der Waals surface area contributed by atoms with Crippen molar-refractivity contribution in [3.63, 3.8) is 0 Å². The molecule has 0 radical (unpaired) electrons. The highest BCUT2D eigenvalue weighted by molar-refractivity contribution is 7.17. The lowest BCUT2D eigenvalue weighted by Gasteiger charge is -2.19. The van der Waals surface area contributed by atoms with Crippen LogP contribution in [0.2, 0.25) is 4.47 Å². The number of rotatable bonds is 4. The molecule has 2 amide bonds. The van der Waals surface area contributed by atoms with Crippen LogP contribution in [0.25, 0.3) is 0 Å².